The maximum atomic E-state index is 5.41. The highest BCUT2D eigenvalue weighted by Crippen LogP contribution is 2.19. The van der Waals surface area contributed by atoms with Gasteiger partial charge in [0.25, 0.3) is 0 Å². The van der Waals surface area contributed by atoms with E-state index in [-0.39, 0.29) is 0 Å². The zero-order chi connectivity index (χ0) is 5.98. The predicted octanol–water partition coefficient (Wildman–Crippen LogP) is 0.852. The molecule has 0 fully saturated rings. The summed E-state index contributed by atoms with van der Waals surface area (Å²) in [5.41, 5.74) is 5.41. The van der Waals surface area contributed by atoms with Gasteiger partial charge < -0.3 is 5.73 Å². The van der Waals surface area contributed by atoms with Crippen LogP contribution >= 0.6 is 34.4 Å². The Morgan fingerprint density at radius 3 is 3.00 bits per heavy atom. The highest BCUT2D eigenvalue weighted by Gasteiger charge is 2.14. The van der Waals surface area contributed by atoms with Gasteiger partial charge in [-0.3, -0.25) is 4.99 Å². The Kier molecular flexibility index (Phi) is 2.43. The Morgan fingerprint density at radius 1 is 2.00 bits per heavy atom. The Morgan fingerprint density at radius 2 is 2.75 bits per heavy atom. The van der Waals surface area contributed by atoms with E-state index in [1.165, 1.54) is 0 Å². The van der Waals surface area contributed by atoms with E-state index in [0.29, 0.717) is 5.25 Å². The van der Waals surface area contributed by atoms with E-state index in [0.717, 1.165) is 16.1 Å². The SMILES string of the molecule is NC1=NCC(CI)S1. The minimum Gasteiger partial charge on any atom is -0.379 e. The summed E-state index contributed by atoms with van der Waals surface area (Å²) in [4.78, 5) is 4.04. The molecule has 0 bridgehead atoms. The molecule has 1 aliphatic heterocycles. The van der Waals surface area contributed by atoms with Crippen LogP contribution in [-0.4, -0.2) is 21.4 Å². The normalized spacial score (nSPS) is 28.1. The summed E-state index contributed by atoms with van der Waals surface area (Å²) < 4.78 is 1.15. The number of alkyl halides is 1. The molecule has 1 aliphatic rings. The van der Waals surface area contributed by atoms with Gasteiger partial charge in [0.05, 0.1) is 6.54 Å². The van der Waals surface area contributed by atoms with Crippen LogP contribution in [0.5, 0.6) is 0 Å². The Bertz CT molecular complexity index is 115. The van der Waals surface area contributed by atoms with Crippen LogP contribution in [0.2, 0.25) is 0 Å². The fourth-order valence-corrected chi connectivity index (χ4v) is 2.04. The van der Waals surface area contributed by atoms with Crippen molar-refractivity contribution in [3.05, 3.63) is 0 Å². The number of nitrogens with two attached hydrogens (primary N) is 1. The summed E-state index contributed by atoms with van der Waals surface area (Å²) in [6, 6.07) is 0. The first kappa shape index (κ1) is 6.67. The van der Waals surface area contributed by atoms with E-state index in [1.54, 1.807) is 11.8 Å². The van der Waals surface area contributed by atoms with Gasteiger partial charge in [-0.1, -0.05) is 34.4 Å². The van der Waals surface area contributed by atoms with Crippen molar-refractivity contribution in [3.8, 4) is 0 Å². The van der Waals surface area contributed by atoms with Crippen LogP contribution < -0.4 is 5.73 Å². The van der Waals surface area contributed by atoms with E-state index in [2.05, 4.69) is 27.6 Å². The van der Waals surface area contributed by atoms with Crippen molar-refractivity contribution in [1.29, 1.82) is 0 Å². The highest BCUT2D eigenvalue weighted by molar-refractivity contribution is 14.1. The second kappa shape index (κ2) is 2.91. The van der Waals surface area contributed by atoms with Crippen molar-refractivity contribution in [1.82, 2.24) is 0 Å². The topological polar surface area (TPSA) is 38.4 Å². The van der Waals surface area contributed by atoms with Gasteiger partial charge in [-0.2, -0.15) is 0 Å². The maximum Gasteiger partial charge on any atom is 0.154 e. The molecular weight excluding hydrogens is 235 g/mol. The van der Waals surface area contributed by atoms with Crippen molar-refractivity contribution in [3.63, 3.8) is 0 Å². The first-order valence-corrected chi connectivity index (χ1v) is 4.76. The molecule has 1 atom stereocenters. The van der Waals surface area contributed by atoms with E-state index < -0.39 is 0 Å². The highest BCUT2D eigenvalue weighted by atomic mass is 127. The molecule has 0 aromatic heterocycles. The van der Waals surface area contributed by atoms with Gasteiger partial charge in [-0.05, 0) is 0 Å². The zero-order valence-corrected chi connectivity index (χ0v) is 7.28. The van der Waals surface area contributed by atoms with Crippen LogP contribution in [0, 0.1) is 0 Å². The first-order chi connectivity index (χ1) is 3.83. The number of aliphatic imine (C=N–C) groups is 1. The van der Waals surface area contributed by atoms with Gasteiger partial charge in [0.15, 0.2) is 5.17 Å². The van der Waals surface area contributed by atoms with Crippen molar-refractivity contribution in [2.75, 3.05) is 11.0 Å². The number of halogens is 1. The molecule has 0 radical (unpaired) electrons. The van der Waals surface area contributed by atoms with Crippen LogP contribution in [0.1, 0.15) is 0 Å². The van der Waals surface area contributed by atoms with E-state index in [1.807, 2.05) is 0 Å². The number of nitrogens with zero attached hydrogens (tertiary/aromatic N) is 1. The minimum absolute atomic E-state index is 0.649. The molecule has 1 unspecified atom stereocenters. The number of hydrogen-bond acceptors (Lipinski definition) is 3. The second-order valence-electron chi connectivity index (χ2n) is 1.57. The molecule has 0 aliphatic carbocycles. The maximum absolute atomic E-state index is 5.41. The molecule has 1 heterocycles. The lowest BCUT2D eigenvalue weighted by molar-refractivity contribution is 0.998. The van der Waals surface area contributed by atoms with Crippen LogP contribution in [0.15, 0.2) is 4.99 Å². The quantitative estimate of drug-likeness (QED) is 0.547. The average Bonchev–Trinajstić information content (AvgIpc) is 2.14. The summed E-state index contributed by atoms with van der Waals surface area (Å²) in [5, 5.41) is 1.40. The predicted molar refractivity (Wildman–Crippen MR) is 46.8 cm³/mol. The third-order valence-corrected chi connectivity index (χ3v) is 3.59. The number of thioether (sulfide) groups is 1. The number of rotatable bonds is 1. The summed E-state index contributed by atoms with van der Waals surface area (Å²) in [6.45, 7) is 0.916. The van der Waals surface area contributed by atoms with Crippen molar-refractivity contribution < 1.29 is 0 Å². The van der Waals surface area contributed by atoms with Gasteiger partial charge in [0, 0.05) is 9.68 Å². The molecular formula is C4H7IN2S. The Labute approximate surface area is 66.4 Å². The first-order valence-electron chi connectivity index (χ1n) is 2.35. The van der Waals surface area contributed by atoms with Gasteiger partial charge in [0.2, 0.25) is 0 Å². The molecule has 1 rings (SSSR count). The number of amidine groups is 1. The standard InChI is InChI=1S/C4H7IN2S/c5-1-3-2-7-4(6)8-3/h3H,1-2H2,(H2,6,7). The van der Waals surface area contributed by atoms with Crippen LogP contribution in [0.3, 0.4) is 0 Å². The molecule has 0 amide bonds. The molecule has 0 aromatic rings. The molecule has 0 spiro atoms. The summed E-state index contributed by atoms with van der Waals surface area (Å²) in [5.74, 6) is 0. The Hall–Kier alpha value is 0.550. The Balaban J connectivity index is 2.32. The third kappa shape index (κ3) is 1.51. The van der Waals surface area contributed by atoms with Gasteiger partial charge in [-0.15, -0.1) is 0 Å². The zero-order valence-electron chi connectivity index (χ0n) is 4.30. The van der Waals surface area contributed by atoms with Crippen LogP contribution in [0.4, 0.5) is 0 Å². The largest absolute Gasteiger partial charge is 0.379 e. The fourth-order valence-electron chi connectivity index (χ4n) is 0.517. The smallest absolute Gasteiger partial charge is 0.154 e. The molecule has 0 aromatic carbocycles. The lowest BCUT2D eigenvalue weighted by atomic mass is 10.5. The second-order valence-corrected chi connectivity index (χ2v) is 3.77. The average molecular weight is 242 g/mol. The summed E-state index contributed by atoms with van der Waals surface area (Å²) in [7, 11) is 0. The third-order valence-electron chi connectivity index (χ3n) is 0.910. The van der Waals surface area contributed by atoms with E-state index >= 15 is 0 Å². The van der Waals surface area contributed by atoms with Crippen molar-refractivity contribution in [2.24, 2.45) is 10.7 Å². The van der Waals surface area contributed by atoms with E-state index in [4.69, 9.17) is 5.73 Å². The lowest BCUT2D eigenvalue weighted by Crippen LogP contribution is -2.06. The molecule has 4 heteroatoms. The van der Waals surface area contributed by atoms with Gasteiger partial charge in [0.1, 0.15) is 0 Å². The van der Waals surface area contributed by atoms with Crippen molar-refractivity contribution >= 4 is 39.5 Å². The van der Waals surface area contributed by atoms with Crippen LogP contribution in [-0.2, 0) is 0 Å². The van der Waals surface area contributed by atoms with Gasteiger partial charge in [-0.25, -0.2) is 0 Å². The molecule has 46 valence electrons. The minimum atomic E-state index is 0.649. The lowest BCUT2D eigenvalue weighted by Gasteiger charge is -1.97. The van der Waals surface area contributed by atoms with E-state index in [9.17, 15) is 0 Å². The van der Waals surface area contributed by atoms with Crippen LogP contribution in [0.25, 0.3) is 0 Å². The molecule has 2 N–H and O–H groups in total. The summed E-state index contributed by atoms with van der Waals surface area (Å²) >= 11 is 4.04. The molecule has 8 heavy (non-hydrogen) atoms. The molecule has 0 saturated carbocycles. The molecule has 2 nitrogen and oxygen atoms in total. The monoisotopic (exact) mass is 242 g/mol. The van der Waals surface area contributed by atoms with Gasteiger partial charge >= 0.3 is 0 Å². The summed E-state index contributed by atoms with van der Waals surface area (Å²) in [6.07, 6.45) is 0. The van der Waals surface area contributed by atoms with Crippen molar-refractivity contribution in [2.45, 2.75) is 5.25 Å². The molecule has 0 saturated heterocycles. The number of hydrogen-bond donors (Lipinski definition) is 1. The fraction of sp³-hybridized carbons (Fsp3) is 0.750.